The summed E-state index contributed by atoms with van der Waals surface area (Å²) in [5.74, 6) is 1.80. The fraction of sp³-hybridized carbons (Fsp3) is 0.357. The Labute approximate surface area is 218 Å². The molecule has 1 amide bonds. The first-order valence-electron chi connectivity index (χ1n) is 12.7. The Hall–Kier alpha value is -3.11. The number of rotatable bonds is 7. The molecule has 1 aromatic heterocycles. The van der Waals surface area contributed by atoms with Gasteiger partial charge in [-0.3, -0.25) is 4.79 Å². The number of benzene rings is 2. The highest BCUT2D eigenvalue weighted by molar-refractivity contribution is 7.89. The number of carbonyl (C=O) groups excluding carboxylic acids is 1. The minimum Gasteiger partial charge on any atom is -0.593 e. The van der Waals surface area contributed by atoms with Crippen LogP contribution < -0.4 is 14.8 Å². The molecule has 0 radical (unpaired) electrons. The predicted octanol–water partition coefficient (Wildman–Crippen LogP) is 3.67. The molecule has 1 unspecified atom stereocenters. The van der Waals surface area contributed by atoms with E-state index in [1.807, 2.05) is 58.9 Å². The van der Waals surface area contributed by atoms with E-state index in [4.69, 9.17) is 9.47 Å². The maximum absolute atomic E-state index is 13.3. The van der Waals surface area contributed by atoms with Crippen molar-refractivity contribution < 1.29 is 23.9 Å². The van der Waals surface area contributed by atoms with Gasteiger partial charge in [0.25, 0.3) is 0 Å². The van der Waals surface area contributed by atoms with Gasteiger partial charge in [-0.15, -0.1) is 4.31 Å². The van der Waals surface area contributed by atoms with Crippen molar-refractivity contribution in [3.05, 3.63) is 66.2 Å². The summed E-state index contributed by atoms with van der Waals surface area (Å²) in [6, 6.07) is 18.7. The van der Waals surface area contributed by atoms with Crippen LogP contribution in [0.4, 0.5) is 5.82 Å². The SMILES string of the molecule is O=C(Nc1cccc(-c2ccc([S+]([O-])N3CCC[C@@H]3CO)cc2)n1)C1(c2ccc3c(c2)OCCO3)CC1. The fourth-order valence-corrected chi connectivity index (χ4v) is 6.48. The van der Waals surface area contributed by atoms with Crippen LogP contribution in [0.5, 0.6) is 11.5 Å². The van der Waals surface area contributed by atoms with E-state index in [0.29, 0.717) is 41.1 Å². The molecule has 3 aromatic rings. The third-order valence-corrected chi connectivity index (χ3v) is 8.95. The molecule has 2 atom stereocenters. The van der Waals surface area contributed by atoms with Crippen LogP contribution in [0, 0.1) is 0 Å². The van der Waals surface area contributed by atoms with Gasteiger partial charge in [-0.05, 0) is 79.8 Å². The first kappa shape index (κ1) is 24.2. The summed E-state index contributed by atoms with van der Waals surface area (Å²) in [7, 11) is 0. The fourth-order valence-electron chi connectivity index (χ4n) is 5.10. The summed E-state index contributed by atoms with van der Waals surface area (Å²) in [5.41, 5.74) is 1.93. The molecule has 2 aliphatic heterocycles. The van der Waals surface area contributed by atoms with Crippen LogP contribution in [0.1, 0.15) is 31.2 Å². The number of hydrogen-bond acceptors (Lipinski definition) is 7. The van der Waals surface area contributed by atoms with E-state index in [1.54, 1.807) is 6.07 Å². The van der Waals surface area contributed by atoms with Crippen molar-refractivity contribution in [2.24, 2.45) is 0 Å². The quantitative estimate of drug-likeness (QED) is 0.459. The van der Waals surface area contributed by atoms with Crippen LogP contribution >= 0.6 is 0 Å². The van der Waals surface area contributed by atoms with Gasteiger partial charge in [-0.25, -0.2) is 4.98 Å². The molecule has 3 heterocycles. The molecule has 3 aliphatic rings. The summed E-state index contributed by atoms with van der Waals surface area (Å²) >= 11 is -1.31. The number of carbonyl (C=O) groups is 1. The van der Waals surface area contributed by atoms with Crippen LogP contribution in [-0.4, -0.2) is 57.3 Å². The van der Waals surface area contributed by atoms with Crippen LogP contribution in [-0.2, 0) is 21.6 Å². The molecular formula is C28H29N3O5S. The van der Waals surface area contributed by atoms with Gasteiger partial charge in [0.2, 0.25) is 5.91 Å². The molecule has 192 valence electrons. The number of pyridine rings is 1. The standard InChI is InChI=1S/C28H29N3O5S/c32-18-21-3-2-14-31(21)37(34)22-9-6-19(7-10-22)23-4-1-5-26(29-23)30-27(33)28(12-13-28)20-8-11-24-25(17-20)36-16-15-35-24/h1,4-11,17,21,32H,2-3,12-16,18H2,(H,29,30,33)/t21-,37?/m1/s1. The van der Waals surface area contributed by atoms with E-state index in [2.05, 4.69) is 10.3 Å². The average Bonchev–Trinajstić information content (AvgIpc) is 3.63. The molecule has 0 bridgehead atoms. The second-order valence-corrected chi connectivity index (χ2v) is 11.1. The molecule has 9 heteroatoms. The van der Waals surface area contributed by atoms with E-state index in [9.17, 15) is 14.5 Å². The summed E-state index contributed by atoms with van der Waals surface area (Å²) < 4.78 is 26.2. The number of fused-ring (bicyclic) bond motifs is 1. The lowest BCUT2D eigenvalue weighted by molar-refractivity contribution is -0.118. The van der Waals surface area contributed by atoms with Crippen molar-refractivity contribution in [2.45, 2.75) is 42.0 Å². The molecule has 8 nitrogen and oxygen atoms in total. The van der Waals surface area contributed by atoms with Crippen LogP contribution in [0.15, 0.2) is 65.6 Å². The van der Waals surface area contributed by atoms with Crippen LogP contribution in [0.3, 0.4) is 0 Å². The summed E-state index contributed by atoms with van der Waals surface area (Å²) in [6.07, 6.45) is 3.34. The number of aliphatic hydroxyl groups is 1. The second kappa shape index (κ2) is 9.98. The zero-order valence-electron chi connectivity index (χ0n) is 20.4. The third-order valence-electron chi connectivity index (χ3n) is 7.37. The molecular weight excluding hydrogens is 490 g/mol. The monoisotopic (exact) mass is 519 g/mol. The van der Waals surface area contributed by atoms with Crippen molar-refractivity contribution in [3.63, 3.8) is 0 Å². The molecule has 2 aromatic carbocycles. The van der Waals surface area contributed by atoms with E-state index < -0.39 is 16.8 Å². The number of anilines is 1. The lowest BCUT2D eigenvalue weighted by Gasteiger charge is -2.24. The first-order valence-corrected chi connectivity index (χ1v) is 13.8. The zero-order valence-corrected chi connectivity index (χ0v) is 21.2. The highest BCUT2D eigenvalue weighted by atomic mass is 32.2. The molecule has 1 aliphatic carbocycles. The maximum Gasteiger partial charge on any atom is 0.236 e. The van der Waals surface area contributed by atoms with Gasteiger partial charge >= 0.3 is 0 Å². The van der Waals surface area contributed by atoms with Gasteiger partial charge in [0.05, 0.1) is 35.1 Å². The van der Waals surface area contributed by atoms with Gasteiger partial charge in [-0.1, -0.05) is 12.1 Å². The second-order valence-electron chi connectivity index (χ2n) is 9.70. The normalized spacial score (nSPS) is 20.9. The summed E-state index contributed by atoms with van der Waals surface area (Å²) in [5, 5.41) is 12.6. The van der Waals surface area contributed by atoms with E-state index >= 15 is 0 Å². The highest BCUT2D eigenvalue weighted by Gasteiger charge is 2.51. The minimum atomic E-state index is -1.31. The van der Waals surface area contributed by atoms with E-state index in [-0.39, 0.29) is 18.6 Å². The number of ether oxygens (including phenoxy) is 2. The van der Waals surface area contributed by atoms with Crippen LogP contribution in [0.25, 0.3) is 11.3 Å². The van der Waals surface area contributed by atoms with Crippen molar-refractivity contribution in [1.29, 1.82) is 0 Å². The average molecular weight is 520 g/mol. The minimum absolute atomic E-state index is 0.0161. The molecule has 0 spiro atoms. The maximum atomic E-state index is 13.3. The zero-order chi connectivity index (χ0) is 25.4. The van der Waals surface area contributed by atoms with Gasteiger partial charge < -0.3 is 24.4 Å². The Kier molecular flexibility index (Phi) is 6.54. The van der Waals surface area contributed by atoms with Crippen molar-refractivity contribution in [2.75, 3.05) is 31.7 Å². The number of amides is 1. The highest BCUT2D eigenvalue weighted by Crippen LogP contribution is 2.50. The molecule has 6 rings (SSSR count). The van der Waals surface area contributed by atoms with Crippen molar-refractivity contribution >= 4 is 23.1 Å². The molecule has 2 N–H and O–H groups in total. The molecule has 2 fully saturated rings. The number of aliphatic hydroxyl groups excluding tert-OH is 1. The number of hydrogen-bond donors (Lipinski definition) is 2. The summed E-state index contributed by atoms with van der Waals surface area (Å²) in [4.78, 5) is 18.7. The van der Waals surface area contributed by atoms with Crippen molar-refractivity contribution in [1.82, 2.24) is 9.29 Å². The number of nitrogens with zero attached hydrogens (tertiary/aromatic N) is 2. The predicted molar refractivity (Wildman–Crippen MR) is 140 cm³/mol. The van der Waals surface area contributed by atoms with Gasteiger partial charge in [0.15, 0.2) is 16.4 Å². The Morgan fingerprint density at radius 3 is 2.65 bits per heavy atom. The van der Waals surface area contributed by atoms with E-state index in [0.717, 1.165) is 43.4 Å². The van der Waals surface area contributed by atoms with Gasteiger partial charge in [-0.2, -0.15) is 0 Å². The smallest absolute Gasteiger partial charge is 0.236 e. The molecule has 1 saturated carbocycles. The van der Waals surface area contributed by atoms with E-state index in [1.165, 1.54) is 0 Å². The summed E-state index contributed by atoms with van der Waals surface area (Å²) in [6.45, 7) is 1.77. The topological polar surface area (TPSA) is 107 Å². The molecule has 37 heavy (non-hydrogen) atoms. The molecule has 1 saturated heterocycles. The lowest BCUT2D eigenvalue weighted by Crippen LogP contribution is -2.37. The largest absolute Gasteiger partial charge is 0.593 e. The first-order chi connectivity index (χ1) is 18.1. The third kappa shape index (κ3) is 4.68. The number of nitrogens with one attached hydrogen (secondary N) is 1. The van der Waals surface area contributed by atoms with Crippen LogP contribution in [0.2, 0.25) is 0 Å². The Balaban J connectivity index is 1.16. The Bertz CT molecular complexity index is 1300. The number of aromatic nitrogens is 1. The van der Waals surface area contributed by atoms with Gasteiger partial charge in [0, 0.05) is 12.1 Å². The lowest BCUT2D eigenvalue weighted by atomic mass is 9.94. The van der Waals surface area contributed by atoms with Gasteiger partial charge in [0.1, 0.15) is 19.0 Å². The van der Waals surface area contributed by atoms with Crippen molar-refractivity contribution in [3.8, 4) is 22.8 Å². The Morgan fingerprint density at radius 1 is 1.11 bits per heavy atom. The Morgan fingerprint density at radius 2 is 1.89 bits per heavy atom.